The van der Waals surface area contributed by atoms with Crippen molar-refractivity contribution in [2.75, 3.05) is 17.7 Å². The fraction of sp³-hybridized carbons (Fsp3) is 0.333. The van der Waals surface area contributed by atoms with Crippen LogP contribution in [0.5, 0.6) is 0 Å². The van der Waals surface area contributed by atoms with Gasteiger partial charge >= 0.3 is 0 Å². The Labute approximate surface area is 119 Å². The van der Waals surface area contributed by atoms with E-state index in [0.717, 1.165) is 29.1 Å². The number of rotatable bonds is 4. The molecule has 0 atom stereocenters. The molecule has 1 amide bonds. The number of carbonyl (C=O) groups excluding carboxylic acids is 1. The number of aryl methyl sites for hydroxylation is 3. The monoisotopic (exact) mass is 272 g/mol. The lowest BCUT2D eigenvalue weighted by atomic mass is 10.1. The highest BCUT2D eigenvalue weighted by molar-refractivity contribution is 6.04. The van der Waals surface area contributed by atoms with Crippen LogP contribution >= 0.6 is 0 Å². The first-order valence-electron chi connectivity index (χ1n) is 6.67. The summed E-state index contributed by atoms with van der Waals surface area (Å²) in [5.41, 5.74) is 4.38. The number of amides is 1. The van der Waals surface area contributed by atoms with Gasteiger partial charge in [0.2, 0.25) is 0 Å². The average molecular weight is 272 g/mol. The average Bonchev–Trinajstić information content (AvgIpc) is 2.78. The van der Waals surface area contributed by atoms with Gasteiger partial charge in [0.25, 0.3) is 5.91 Å². The maximum Gasteiger partial charge on any atom is 0.255 e. The lowest BCUT2D eigenvalue weighted by molar-refractivity contribution is 0.102. The van der Waals surface area contributed by atoms with Crippen molar-refractivity contribution in [1.82, 2.24) is 9.78 Å². The molecule has 0 spiro atoms. The molecule has 0 aliphatic heterocycles. The molecule has 0 fully saturated rings. The molecule has 0 aliphatic rings. The number of benzene rings is 1. The summed E-state index contributed by atoms with van der Waals surface area (Å²) in [6.07, 6.45) is 2.61. The van der Waals surface area contributed by atoms with Crippen LogP contribution in [-0.4, -0.2) is 22.7 Å². The molecule has 0 saturated heterocycles. The zero-order chi connectivity index (χ0) is 14.7. The van der Waals surface area contributed by atoms with Gasteiger partial charge in [-0.1, -0.05) is 6.92 Å². The molecule has 20 heavy (non-hydrogen) atoms. The van der Waals surface area contributed by atoms with Crippen LogP contribution in [0.4, 0.5) is 11.4 Å². The Morgan fingerprint density at radius 3 is 2.70 bits per heavy atom. The van der Waals surface area contributed by atoms with Crippen molar-refractivity contribution >= 4 is 17.3 Å². The zero-order valence-corrected chi connectivity index (χ0v) is 12.3. The first-order valence-corrected chi connectivity index (χ1v) is 6.67. The summed E-state index contributed by atoms with van der Waals surface area (Å²) in [5.74, 6) is -0.113. The number of hydrogen-bond donors (Lipinski definition) is 2. The van der Waals surface area contributed by atoms with Crippen molar-refractivity contribution < 1.29 is 4.79 Å². The Hall–Kier alpha value is -2.30. The lowest BCUT2D eigenvalue weighted by Crippen LogP contribution is -2.13. The molecule has 0 aliphatic carbocycles. The molecule has 1 aromatic carbocycles. The van der Waals surface area contributed by atoms with Gasteiger partial charge in [0.05, 0.1) is 11.4 Å². The molecule has 0 saturated carbocycles. The Bertz CT molecular complexity index is 631. The highest BCUT2D eigenvalue weighted by Crippen LogP contribution is 2.18. The minimum atomic E-state index is -0.113. The van der Waals surface area contributed by atoms with Crippen LogP contribution in [-0.2, 0) is 13.5 Å². The highest BCUT2D eigenvalue weighted by atomic mass is 16.1. The Morgan fingerprint density at radius 2 is 2.10 bits per heavy atom. The van der Waals surface area contributed by atoms with Crippen molar-refractivity contribution in [3.63, 3.8) is 0 Å². The van der Waals surface area contributed by atoms with Crippen LogP contribution in [0.1, 0.15) is 28.5 Å². The number of aromatic nitrogens is 2. The lowest BCUT2D eigenvalue weighted by Gasteiger charge is -2.08. The van der Waals surface area contributed by atoms with Crippen LogP contribution in [0.15, 0.2) is 24.4 Å². The van der Waals surface area contributed by atoms with Gasteiger partial charge < -0.3 is 10.6 Å². The third kappa shape index (κ3) is 2.82. The fourth-order valence-electron chi connectivity index (χ4n) is 2.18. The van der Waals surface area contributed by atoms with Crippen LogP contribution in [0, 0.1) is 6.92 Å². The number of nitrogens with one attached hydrogen (secondary N) is 2. The molecule has 0 unspecified atom stereocenters. The standard InChI is InChI=1S/C15H20N4O/c1-5-12-14(9-19(4)18-12)17-15(20)11-6-7-13(16-3)10(2)8-11/h6-9,16H,5H2,1-4H3,(H,17,20). The van der Waals surface area contributed by atoms with Crippen molar-refractivity contribution in [2.24, 2.45) is 7.05 Å². The summed E-state index contributed by atoms with van der Waals surface area (Å²) < 4.78 is 1.71. The number of anilines is 2. The second-order valence-corrected chi connectivity index (χ2v) is 4.75. The van der Waals surface area contributed by atoms with Crippen molar-refractivity contribution in [1.29, 1.82) is 0 Å². The van der Waals surface area contributed by atoms with E-state index in [-0.39, 0.29) is 5.91 Å². The van der Waals surface area contributed by atoms with Crippen LogP contribution in [0.2, 0.25) is 0 Å². The quantitative estimate of drug-likeness (QED) is 0.899. The molecular formula is C15H20N4O. The first kappa shape index (κ1) is 14.1. The van der Waals surface area contributed by atoms with E-state index in [2.05, 4.69) is 15.7 Å². The highest BCUT2D eigenvalue weighted by Gasteiger charge is 2.12. The minimum Gasteiger partial charge on any atom is -0.388 e. The smallest absolute Gasteiger partial charge is 0.255 e. The summed E-state index contributed by atoms with van der Waals surface area (Å²) in [6, 6.07) is 5.60. The molecule has 0 bridgehead atoms. The fourth-order valence-corrected chi connectivity index (χ4v) is 2.18. The van der Waals surface area contributed by atoms with Crippen LogP contribution in [0.3, 0.4) is 0 Å². The molecule has 2 N–H and O–H groups in total. The third-order valence-electron chi connectivity index (χ3n) is 3.25. The minimum absolute atomic E-state index is 0.113. The van der Waals surface area contributed by atoms with Gasteiger partial charge in [0.15, 0.2) is 0 Å². The van der Waals surface area contributed by atoms with Crippen molar-refractivity contribution in [2.45, 2.75) is 20.3 Å². The van der Waals surface area contributed by atoms with Gasteiger partial charge in [0.1, 0.15) is 0 Å². The van der Waals surface area contributed by atoms with Crippen LogP contribution < -0.4 is 10.6 Å². The molecule has 1 aromatic heterocycles. The maximum absolute atomic E-state index is 12.3. The molecule has 5 heteroatoms. The third-order valence-corrected chi connectivity index (χ3v) is 3.25. The summed E-state index contributed by atoms with van der Waals surface area (Å²) in [7, 11) is 3.71. The van der Waals surface area contributed by atoms with Gasteiger partial charge in [-0.25, -0.2) is 0 Å². The van der Waals surface area contributed by atoms with E-state index in [4.69, 9.17) is 0 Å². The number of hydrogen-bond acceptors (Lipinski definition) is 3. The van der Waals surface area contributed by atoms with E-state index >= 15 is 0 Å². The van der Waals surface area contributed by atoms with Crippen LogP contribution in [0.25, 0.3) is 0 Å². The predicted octanol–water partition coefficient (Wildman–Crippen LogP) is 2.58. The molecule has 0 radical (unpaired) electrons. The molecule has 2 aromatic rings. The van der Waals surface area contributed by atoms with E-state index in [0.29, 0.717) is 5.56 Å². The van der Waals surface area contributed by atoms with E-state index in [1.807, 2.05) is 52.3 Å². The summed E-state index contributed by atoms with van der Waals surface area (Å²) >= 11 is 0. The van der Waals surface area contributed by atoms with E-state index < -0.39 is 0 Å². The Balaban J connectivity index is 2.21. The van der Waals surface area contributed by atoms with Gasteiger partial charge in [-0.3, -0.25) is 9.48 Å². The van der Waals surface area contributed by atoms with Gasteiger partial charge in [-0.05, 0) is 37.1 Å². The van der Waals surface area contributed by atoms with Crippen molar-refractivity contribution in [3.8, 4) is 0 Å². The molecule has 2 rings (SSSR count). The van der Waals surface area contributed by atoms with E-state index in [9.17, 15) is 4.79 Å². The maximum atomic E-state index is 12.3. The van der Waals surface area contributed by atoms with Crippen molar-refractivity contribution in [3.05, 3.63) is 41.2 Å². The summed E-state index contributed by atoms with van der Waals surface area (Å²) in [4.78, 5) is 12.3. The van der Waals surface area contributed by atoms with Gasteiger partial charge in [-0.2, -0.15) is 5.10 Å². The number of carbonyl (C=O) groups is 1. The number of nitrogens with zero attached hydrogens (tertiary/aromatic N) is 2. The predicted molar refractivity (Wildman–Crippen MR) is 81.3 cm³/mol. The topological polar surface area (TPSA) is 59.0 Å². The largest absolute Gasteiger partial charge is 0.388 e. The molecule has 1 heterocycles. The van der Waals surface area contributed by atoms with E-state index in [1.54, 1.807) is 4.68 Å². The molecular weight excluding hydrogens is 252 g/mol. The Kier molecular flexibility index (Phi) is 4.08. The van der Waals surface area contributed by atoms with Gasteiger partial charge in [-0.15, -0.1) is 0 Å². The SMILES string of the molecule is CCc1nn(C)cc1NC(=O)c1ccc(NC)c(C)c1. The first-order chi connectivity index (χ1) is 9.55. The second kappa shape index (κ2) is 5.77. The van der Waals surface area contributed by atoms with Gasteiger partial charge in [0, 0.05) is 31.5 Å². The molecule has 5 nitrogen and oxygen atoms in total. The molecule has 106 valence electrons. The van der Waals surface area contributed by atoms with E-state index in [1.165, 1.54) is 0 Å². The summed E-state index contributed by atoms with van der Waals surface area (Å²) in [6.45, 7) is 3.99. The zero-order valence-electron chi connectivity index (χ0n) is 12.3. The second-order valence-electron chi connectivity index (χ2n) is 4.75. The summed E-state index contributed by atoms with van der Waals surface area (Å²) in [5, 5.41) is 10.3. The normalized spacial score (nSPS) is 10.4. The Morgan fingerprint density at radius 1 is 1.35 bits per heavy atom.